The lowest BCUT2D eigenvalue weighted by Crippen LogP contribution is -2.26. The first kappa shape index (κ1) is 22.8. The number of aromatic nitrogens is 2. The summed E-state index contributed by atoms with van der Waals surface area (Å²) in [6, 6.07) is 16.3. The maximum Gasteiger partial charge on any atom is 0.122 e. The first-order chi connectivity index (χ1) is 15.1. The summed E-state index contributed by atoms with van der Waals surface area (Å²) in [5.41, 5.74) is 4.62. The minimum atomic E-state index is 0.488. The molecular weight excluding hydrogens is 388 g/mol. The predicted octanol–water partition coefficient (Wildman–Crippen LogP) is 4.31. The molecule has 0 radical (unpaired) electrons. The number of ether oxygens (including phenoxy) is 2. The van der Waals surface area contributed by atoms with Crippen LogP contribution in [0.3, 0.4) is 0 Å². The lowest BCUT2D eigenvalue weighted by molar-refractivity contribution is 0.217. The van der Waals surface area contributed by atoms with E-state index in [1.807, 2.05) is 37.5 Å². The summed E-state index contributed by atoms with van der Waals surface area (Å²) in [4.78, 5) is 2.28. The Morgan fingerprint density at radius 3 is 2.48 bits per heavy atom. The molecule has 0 aliphatic heterocycles. The molecule has 0 amide bonds. The number of aromatic amines is 1. The van der Waals surface area contributed by atoms with Crippen LogP contribution >= 0.6 is 0 Å². The quantitative estimate of drug-likeness (QED) is 0.426. The van der Waals surface area contributed by atoms with Gasteiger partial charge in [0.25, 0.3) is 0 Å². The van der Waals surface area contributed by atoms with Crippen molar-refractivity contribution >= 4 is 0 Å². The van der Waals surface area contributed by atoms with E-state index >= 15 is 0 Å². The second kappa shape index (κ2) is 11.5. The number of H-pyrrole nitrogens is 1. The minimum Gasteiger partial charge on any atom is -0.490 e. The number of nitrogens with zero attached hydrogens (tertiary/aromatic N) is 2. The number of benzene rings is 2. The van der Waals surface area contributed by atoms with Crippen molar-refractivity contribution in [3.05, 3.63) is 65.9 Å². The van der Waals surface area contributed by atoms with Gasteiger partial charge in [0, 0.05) is 30.8 Å². The van der Waals surface area contributed by atoms with E-state index in [0.717, 1.165) is 42.4 Å². The summed E-state index contributed by atoms with van der Waals surface area (Å²) >= 11 is 0. The highest BCUT2D eigenvalue weighted by Crippen LogP contribution is 2.25. The number of nitrogens with one attached hydrogen (secondary N) is 2. The second-order valence-electron chi connectivity index (χ2n) is 8.06. The molecule has 0 atom stereocenters. The van der Waals surface area contributed by atoms with Gasteiger partial charge in [0.1, 0.15) is 24.7 Å². The Hall–Kier alpha value is -2.83. The molecule has 0 saturated heterocycles. The van der Waals surface area contributed by atoms with Gasteiger partial charge in [-0.05, 0) is 62.0 Å². The summed E-state index contributed by atoms with van der Waals surface area (Å²) in [5, 5.41) is 10.6. The van der Waals surface area contributed by atoms with Crippen LogP contribution in [0.2, 0.25) is 0 Å². The Bertz CT molecular complexity index is 921. The van der Waals surface area contributed by atoms with Gasteiger partial charge in [-0.15, -0.1) is 0 Å². The summed E-state index contributed by atoms with van der Waals surface area (Å²) in [6.07, 6.45) is 1.90. The zero-order valence-corrected chi connectivity index (χ0v) is 19.0. The van der Waals surface area contributed by atoms with Crippen molar-refractivity contribution < 1.29 is 9.47 Å². The summed E-state index contributed by atoms with van der Waals surface area (Å²) in [5.74, 6) is 2.20. The van der Waals surface area contributed by atoms with E-state index in [0.29, 0.717) is 19.1 Å². The van der Waals surface area contributed by atoms with Crippen molar-refractivity contribution in [2.24, 2.45) is 0 Å². The van der Waals surface area contributed by atoms with Crippen LogP contribution < -0.4 is 14.8 Å². The molecule has 2 aromatic carbocycles. The molecule has 1 aromatic heterocycles. The highest BCUT2D eigenvalue weighted by Gasteiger charge is 2.10. The maximum atomic E-state index is 5.85. The molecule has 0 unspecified atom stereocenters. The van der Waals surface area contributed by atoms with E-state index in [-0.39, 0.29) is 0 Å². The molecule has 6 heteroatoms. The topological polar surface area (TPSA) is 62.4 Å². The maximum absolute atomic E-state index is 5.85. The average Bonchev–Trinajstić information content (AvgIpc) is 3.24. The Balaban J connectivity index is 1.50. The Morgan fingerprint density at radius 2 is 1.77 bits per heavy atom. The van der Waals surface area contributed by atoms with Crippen molar-refractivity contribution in [2.75, 3.05) is 40.4 Å². The van der Waals surface area contributed by atoms with Crippen molar-refractivity contribution in [2.45, 2.75) is 26.3 Å². The van der Waals surface area contributed by atoms with Crippen LogP contribution in [0.4, 0.5) is 0 Å². The molecule has 0 spiro atoms. The molecule has 0 aliphatic rings. The van der Waals surface area contributed by atoms with Gasteiger partial charge in [0.15, 0.2) is 0 Å². The fraction of sp³-hybridized carbons (Fsp3) is 0.400. The minimum absolute atomic E-state index is 0.488. The Labute approximate surface area is 185 Å². The third-order valence-corrected chi connectivity index (χ3v) is 5.19. The molecule has 0 fully saturated rings. The van der Waals surface area contributed by atoms with E-state index in [9.17, 15) is 0 Å². The monoisotopic (exact) mass is 422 g/mol. The van der Waals surface area contributed by atoms with Crippen molar-refractivity contribution in [1.29, 1.82) is 0 Å². The Morgan fingerprint density at radius 1 is 1.03 bits per heavy atom. The molecule has 6 nitrogen and oxygen atoms in total. The first-order valence-electron chi connectivity index (χ1n) is 10.9. The summed E-state index contributed by atoms with van der Waals surface area (Å²) in [6.45, 7) is 8.16. The first-order valence-corrected chi connectivity index (χ1v) is 10.9. The molecule has 3 rings (SSSR count). The van der Waals surface area contributed by atoms with E-state index in [2.05, 4.69) is 65.6 Å². The summed E-state index contributed by atoms with van der Waals surface area (Å²) in [7, 11) is 4.09. The normalized spacial score (nSPS) is 11.3. The molecule has 0 aliphatic carbocycles. The van der Waals surface area contributed by atoms with Crippen LogP contribution in [-0.4, -0.2) is 55.5 Å². The van der Waals surface area contributed by atoms with Crippen LogP contribution in [0.15, 0.2) is 54.7 Å². The van der Waals surface area contributed by atoms with Gasteiger partial charge in [0.2, 0.25) is 0 Å². The van der Waals surface area contributed by atoms with Gasteiger partial charge < -0.3 is 19.7 Å². The average molecular weight is 423 g/mol. The lowest BCUT2D eigenvalue weighted by Gasteiger charge is -2.16. The fourth-order valence-corrected chi connectivity index (χ4v) is 3.35. The van der Waals surface area contributed by atoms with Gasteiger partial charge in [-0.25, -0.2) is 0 Å². The molecule has 1 heterocycles. The van der Waals surface area contributed by atoms with E-state index in [1.54, 1.807) is 0 Å². The van der Waals surface area contributed by atoms with Crippen molar-refractivity contribution in [3.63, 3.8) is 0 Å². The molecule has 166 valence electrons. The highest BCUT2D eigenvalue weighted by atomic mass is 16.5. The Kier molecular flexibility index (Phi) is 8.50. The van der Waals surface area contributed by atoms with Gasteiger partial charge in [-0.1, -0.05) is 26.0 Å². The highest BCUT2D eigenvalue weighted by molar-refractivity contribution is 5.63. The third kappa shape index (κ3) is 6.84. The number of hydrogen-bond donors (Lipinski definition) is 2. The van der Waals surface area contributed by atoms with Crippen molar-refractivity contribution in [1.82, 2.24) is 20.4 Å². The van der Waals surface area contributed by atoms with E-state index in [1.165, 1.54) is 11.1 Å². The molecule has 0 saturated carbocycles. The van der Waals surface area contributed by atoms with Crippen LogP contribution in [0, 0.1) is 0 Å². The molecule has 0 bridgehead atoms. The fourth-order valence-electron chi connectivity index (χ4n) is 3.35. The SMILES string of the molecule is CNCCN(C)Cc1cn[nH]c1-c1ccc(OCCOc2cccc(C(C)C)c2)cc1. The van der Waals surface area contributed by atoms with Gasteiger partial charge in [-0.3, -0.25) is 5.10 Å². The van der Waals surface area contributed by atoms with E-state index < -0.39 is 0 Å². The third-order valence-electron chi connectivity index (χ3n) is 5.19. The van der Waals surface area contributed by atoms with Gasteiger partial charge >= 0.3 is 0 Å². The molecule has 31 heavy (non-hydrogen) atoms. The number of hydrogen-bond acceptors (Lipinski definition) is 5. The number of likely N-dealkylation sites (N-methyl/N-ethyl adjacent to an activating group) is 2. The standard InChI is InChI=1S/C25H34N4O2/c1-19(2)21-6-5-7-24(16-21)31-15-14-30-23-10-8-20(9-11-23)25-22(17-27-28-25)18-29(4)13-12-26-3/h5-11,16-17,19,26H,12-15,18H2,1-4H3,(H,27,28). The zero-order valence-electron chi connectivity index (χ0n) is 19.0. The molecule has 2 N–H and O–H groups in total. The summed E-state index contributed by atoms with van der Waals surface area (Å²) < 4.78 is 11.7. The lowest BCUT2D eigenvalue weighted by atomic mass is 10.0. The van der Waals surface area contributed by atoms with Crippen LogP contribution in [0.1, 0.15) is 30.9 Å². The second-order valence-corrected chi connectivity index (χ2v) is 8.06. The van der Waals surface area contributed by atoms with Crippen LogP contribution in [0.25, 0.3) is 11.3 Å². The van der Waals surface area contributed by atoms with Gasteiger partial charge in [0.05, 0.1) is 11.9 Å². The van der Waals surface area contributed by atoms with Crippen molar-refractivity contribution in [3.8, 4) is 22.8 Å². The smallest absolute Gasteiger partial charge is 0.122 e. The molecule has 3 aromatic rings. The largest absolute Gasteiger partial charge is 0.490 e. The zero-order chi connectivity index (χ0) is 22.1. The van der Waals surface area contributed by atoms with Crippen LogP contribution in [0.5, 0.6) is 11.5 Å². The van der Waals surface area contributed by atoms with E-state index in [4.69, 9.17) is 9.47 Å². The molecular formula is C25H34N4O2. The number of rotatable bonds is 12. The van der Waals surface area contributed by atoms with Crippen LogP contribution in [-0.2, 0) is 6.54 Å². The predicted molar refractivity (Wildman–Crippen MR) is 126 cm³/mol. The van der Waals surface area contributed by atoms with Gasteiger partial charge in [-0.2, -0.15) is 5.10 Å².